The van der Waals surface area contributed by atoms with E-state index < -0.39 is 12.1 Å². The molecule has 130 valence electrons. The fourth-order valence-electron chi connectivity index (χ4n) is 3.04. The van der Waals surface area contributed by atoms with Crippen LogP contribution in [0, 0.1) is 5.92 Å². The highest BCUT2D eigenvalue weighted by atomic mass is 35.5. The number of nitrogens with one attached hydrogen (secondary N) is 2. The molecule has 4 heterocycles. The van der Waals surface area contributed by atoms with E-state index in [2.05, 4.69) is 20.4 Å². The van der Waals surface area contributed by atoms with Crippen molar-refractivity contribution in [2.75, 3.05) is 5.32 Å². The lowest BCUT2D eigenvalue weighted by atomic mass is 10.1. The Morgan fingerprint density at radius 1 is 1.35 bits per heavy atom. The quantitative estimate of drug-likeness (QED) is 0.539. The Morgan fingerprint density at radius 3 is 3.00 bits per heavy atom. The van der Waals surface area contributed by atoms with Crippen LogP contribution in [-0.4, -0.2) is 31.7 Å². The van der Waals surface area contributed by atoms with E-state index in [9.17, 15) is 9.18 Å². The molecule has 0 spiro atoms. The monoisotopic (exact) mass is 369 g/mol. The van der Waals surface area contributed by atoms with Crippen molar-refractivity contribution in [3.05, 3.63) is 47.9 Å². The van der Waals surface area contributed by atoms with E-state index in [1.807, 2.05) is 30.5 Å². The van der Waals surface area contributed by atoms with Crippen molar-refractivity contribution in [2.24, 2.45) is 5.92 Å². The van der Waals surface area contributed by atoms with E-state index in [1.54, 1.807) is 16.8 Å². The summed E-state index contributed by atoms with van der Waals surface area (Å²) in [7, 11) is 0. The van der Waals surface area contributed by atoms with Crippen LogP contribution in [0.4, 0.5) is 10.2 Å². The number of halogens is 2. The fraction of sp³-hybridized carbons (Fsp3) is 0.167. The number of hydrogen-bond acceptors (Lipinski definition) is 3. The smallest absolute Gasteiger partial charge is 0.231 e. The highest BCUT2D eigenvalue weighted by Gasteiger charge is 2.43. The molecule has 1 aliphatic carbocycles. The Labute approximate surface area is 152 Å². The Balaban J connectivity index is 1.50. The van der Waals surface area contributed by atoms with Crippen LogP contribution in [0.2, 0.25) is 5.15 Å². The highest BCUT2D eigenvalue weighted by Crippen LogP contribution is 2.35. The van der Waals surface area contributed by atoms with Crippen molar-refractivity contribution in [3.63, 3.8) is 0 Å². The molecule has 4 aromatic heterocycles. The molecule has 0 aromatic carbocycles. The van der Waals surface area contributed by atoms with Crippen molar-refractivity contribution < 1.29 is 9.18 Å². The topological polar surface area (TPSA) is 75.1 Å². The SMILES string of the molecule is O=C(Nc1cc2cc(-c3cc4cc[nH]c4nc3Cl)ccn2n1)[C@@H]1C[C@@H]1F. The van der Waals surface area contributed by atoms with E-state index in [0.717, 1.165) is 27.7 Å². The van der Waals surface area contributed by atoms with Crippen LogP contribution in [0.3, 0.4) is 0 Å². The standard InChI is InChI=1S/C18H13ClFN5O/c19-16-12(6-10-1-3-21-17(10)23-16)9-2-4-25-11(5-9)7-15(24-25)22-18(26)13-8-14(13)20/h1-7,13-14H,8H2,(H,21,23)(H,22,24,26)/t13-,14+/m1/s1. The van der Waals surface area contributed by atoms with Crippen LogP contribution in [0.1, 0.15) is 6.42 Å². The number of alkyl halides is 1. The number of nitrogens with zero attached hydrogens (tertiary/aromatic N) is 3. The lowest BCUT2D eigenvalue weighted by molar-refractivity contribution is -0.117. The largest absolute Gasteiger partial charge is 0.346 e. The third kappa shape index (κ3) is 2.52. The van der Waals surface area contributed by atoms with Gasteiger partial charge in [-0.15, -0.1) is 0 Å². The molecule has 0 aliphatic heterocycles. The minimum atomic E-state index is -1.03. The number of carbonyl (C=O) groups excluding carboxylic acids is 1. The van der Waals surface area contributed by atoms with Gasteiger partial charge in [0.25, 0.3) is 0 Å². The number of aromatic nitrogens is 4. The van der Waals surface area contributed by atoms with Gasteiger partial charge in [0.05, 0.1) is 11.4 Å². The van der Waals surface area contributed by atoms with Gasteiger partial charge in [-0.3, -0.25) is 4.79 Å². The maximum atomic E-state index is 13.0. The first kappa shape index (κ1) is 15.3. The molecule has 0 radical (unpaired) electrons. The summed E-state index contributed by atoms with van der Waals surface area (Å²) < 4.78 is 14.6. The zero-order valence-electron chi connectivity index (χ0n) is 13.4. The molecule has 1 aliphatic rings. The van der Waals surface area contributed by atoms with Crippen molar-refractivity contribution in [2.45, 2.75) is 12.6 Å². The lowest BCUT2D eigenvalue weighted by Crippen LogP contribution is -2.15. The Morgan fingerprint density at radius 2 is 2.19 bits per heavy atom. The summed E-state index contributed by atoms with van der Waals surface area (Å²) in [4.78, 5) is 19.3. The number of rotatable bonds is 3. The van der Waals surface area contributed by atoms with Gasteiger partial charge in [-0.2, -0.15) is 5.10 Å². The third-order valence-corrected chi connectivity index (χ3v) is 4.85. The molecule has 1 fully saturated rings. The minimum Gasteiger partial charge on any atom is -0.346 e. The van der Waals surface area contributed by atoms with Crippen molar-refractivity contribution in [1.29, 1.82) is 0 Å². The number of H-pyrrole nitrogens is 1. The fourth-order valence-corrected chi connectivity index (χ4v) is 3.29. The predicted octanol–water partition coefficient (Wildman–Crippen LogP) is 3.83. The molecule has 4 aromatic rings. The number of amides is 1. The van der Waals surface area contributed by atoms with E-state index in [0.29, 0.717) is 11.0 Å². The molecule has 1 saturated carbocycles. The van der Waals surface area contributed by atoms with Crippen LogP contribution in [0.25, 0.3) is 27.7 Å². The first-order valence-electron chi connectivity index (χ1n) is 8.17. The van der Waals surface area contributed by atoms with Gasteiger partial charge in [-0.1, -0.05) is 11.6 Å². The maximum absolute atomic E-state index is 13.0. The molecule has 5 rings (SSSR count). The van der Waals surface area contributed by atoms with Gasteiger partial charge in [-0.25, -0.2) is 13.9 Å². The van der Waals surface area contributed by atoms with Crippen LogP contribution in [0.15, 0.2) is 42.7 Å². The molecule has 2 N–H and O–H groups in total. The van der Waals surface area contributed by atoms with E-state index >= 15 is 0 Å². The predicted molar refractivity (Wildman–Crippen MR) is 96.9 cm³/mol. The van der Waals surface area contributed by atoms with Crippen molar-refractivity contribution >= 4 is 39.9 Å². The van der Waals surface area contributed by atoms with Crippen LogP contribution >= 0.6 is 11.6 Å². The Kier molecular flexibility index (Phi) is 3.27. The van der Waals surface area contributed by atoms with Gasteiger partial charge in [0, 0.05) is 29.4 Å². The van der Waals surface area contributed by atoms with Gasteiger partial charge >= 0.3 is 0 Å². The second-order valence-electron chi connectivity index (χ2n) is 6.40. The molecule has 1 amide bonds. The van der Waals surface area contributed by atoms with Gasteiger partial charge in [-0.05, 0) is 36.2 Å². The third-order valence-electron chi connectivity index (χ3n) is 4.56. The van der Waals surface area contributed by atoms with Gasteiger partial charge in [0.15, 0.2) is 5.82 Å². The summed E-state index contributed by atoms with van der Waals surface area (Å²) in [6.45, 7) is 0. The summed E-state index contributed by atoms with van der Waals surface area (Å²) in [5.41, 5.74) is 3.23. The van der Waals surface area contributed by atoms with Gasteiger partial charge in [0.1, 0.15) is 17.0 Å². The van der Waals surface area contributed by atoms with Crippen LogP contribution in [-0.2, 0) is 4.79 Å². The number of carbonyl (C=O) groups is 1. The number of hydrogen-bond donors (Lipinski definition) is 2. The maximum Gasteiger partial charge on any atom is 0.231 e. The molecule has 0 bridgehead atoms. The summed E-state index contributed by atoms with van der Waals surface area (Å²) in [6.07, 6.45) is 2.86. The Bertz CT molecular complexity index is 1170. The second kappa shape index (κ2) is 5.54. The molecular weight excluding hydrogens is 357 g/mol. The molecule has 8 heteroatoms. The van der Waals surface area contributed by atoms with Gasteiger partial charge < -0.3 is 10.3 Å². The first-order valence-corrected chi connectivity index (χ1v) is 8.55. The summed E-state index contributed by atoms with van der Waals surface area (Å²) in [6, 6.07) is 9.45. The summed E-state index contributed by atoms with van der Waals surface area (Å²) >= 11 is 6.33. The molecule has 26 heavy (non-hydrogen) atoms. The second-order valence-corrected chi connectivity index (χ2v) is 6.76. The highest BCUT2D eigenvalue weighted by molar-refractivity contribution is 6.32. The summed E-state index contributed by atoms with van der Waals surface area (Å²) in [5.74, 6) is -0.476. The van der Waals surface area contributed by atoms with Crippen molar-refractivity contribution in [1.82, 2.24) is 19.6 Å². The molecular formula is C18H13ClFN5O. The average Bonchev–Trinajstić information content (AvgIpc) is 3.02. The van der Waals surface area contributed by atoms with Crippen LogP contribution < -0.4 is 5.32 Å². The zero-order chi connectivity index (χ0) is 17.8. The zero-order valence-corrected chi connectivity index (χ0v) is 14.2. The molecule has 6 nitrogen and oxygen atoms in total. The first-order chi connectivity index (χ1) is 12.6. The van der Waals surface area contributed by atoms with E-state index in [-0.39, 0.29) is 12.3 Å². The lowest BCUT2D eigenvalue weighted by Gasteiger charge is -2.05. The molecule has 0 unspecified atom stereocenters. The molecule has 2 atom stereocenters. The number of pyridine rings is 2. The van der Waals surface area contributed by atoms with Gasteiger partial charge in [0.2, 0.25) is 5.91 Å². The normalized spacial score (nSPS) is 19.2. The number of aromatic amines is 1. The van der Waals surface area contributed by atoms with E-state index in [4.69, 9.17) is 11.6 Å². The van der Waals surface area contributed by atoms with E-state index in [1.165, 1.54) is 0 Å². The van der Waals surface area contributed by atoms with Crippen LogP contribution in [0.5, 0.6) is 0 Å². The summed E-state index contributed by atoms with van der Waals surface area (Å²) in [5, 5.41) is 8.33. The number of anilines is 1. The van der Waals surface area contributed by atoms with Crippen molar-refractivity contribution in [3.8, 4) is 11.1 Å². The number of fused-ring (bicyclic) bond motifs is 2. The molecule has 0 saturated heterocycles. The minimum absolute atomic E-state index is 0.288. The Hall–Kier alpha value is -2.93. The average molecular weight is 370 g/mol.